The van der Waals surface area contributed by atoms with Crippen molar-refractivity contribution in [1.29, 1.82) is 0 Å². The first-order valence-corrected chi connectivity index (χ1v) is 9.71. The van der Waals surface area contributed by atoms with Gasteiger partial charge in [-0.3, -0.25) is 0 Å². The van der Waals surface area contributed by atoms with Crippen LogP contribution >= 0.6 is 0 Å². The molecule has 1 aliphatic heterocycles. The van der Waals surface area contributed by atoms with Crippen LogP contribution in [-0.2, 0) is 6.54 Å². The molecule has 0 atom stereocenters. The van der Waals surface area contributed by atoms with Gasteiger partial charge in [-0.05, 0) is 49.6 Å². The van der Waals surface area contributed by atoms with Crippen LogP contribution in [0.2, 0.25) is 0 Å². The Hall–Kier alpha value is -3.23. The molecule has 2 aromatic carbocycles. The number of alkyl halides is 2. The number of nitrogens with zero attached hydrogens (tertiary/aromatic N) is 1. The average Bonchev–Trinajstić information content (AvgIpc) is 3.44. The summed E-state index contributed by atoms with van der Waals surface area (Å²) in [5.41, 5.74) is 1.36. The van der Waals surface area contributed by atoms with Crippen molar-refractivity contribution in [2.24, 2.45) is 0 Å². The van der Waals surface area contributed by atoms with Crippen molar-refractivity contribution in [3.63, 3.8) is 0 Å². The Morgan fingerprint density at radius 1 is 1.17 bits per heavy atom. The fraction of sp³-hybridized carbons (Fsp3) is 0.381. The van der Waals surface area contributed by atoms with Crippen molar-refractivity contribution in [2.75, 3.05) is 18.7 Å². The minimum Gasteiger partial charge on any atom is -0.490 e. The molecule has 0 unspecified atom stereocenters. The third-order valence-electron chi connectivity index (χ3n) is 4.75. The molecule has 2 amide bonds. The van der Waals surface area contributed by atoms with E-state index < -0.39 is 6.61 Å². The van der Waals surface area contributed by atoms with E-state index >= 15 is 0 Å². The number of benzene rings is 2. The zero-order valence-electron chi connectivity index (χ0n) is 16.4. The Bertz CT molecular complexity index is 920. The standard InChI is InChI=1S/C21H22F2N2O5/c1-2-27-18-9-13(3-7-17(18)30-20(22)23)11-25(15-5-6-15)21(26)24-14-4-8-16-19(10-14)29-12-28-16/h3-4,7-10,15,20H,2,5-6,11-12H2,1H3,(H,24,26). The van der Waals surface area contributed by atoms with Crippen LogP contribution in [0.1, 0.15) is 25.3 Å². The smallest absolute Gasteiger partial charge is 0.387 e. The van der Waals surface area contributed by atoms with Gasteiger partial charge in [0.1, 0.15) is 0 Å². The summed E-state index contributed by atoms with van der Waals surface area (Å²) in [6.45, 7) is -0.399. The van der Waals surface area contributed by atoms with Crippen LogP contribution in [0.3, 0.4) is 0 Å². The maximum atomic E-state index is 12.9. The SMILES string of the molecule is CCOc1cc(CN(C(=O)Nc2ccc3c(c2)OCO3)C2CC2)ccc1OC(F)F. The van der Waals surface area contributed by atoms with E-state index in [1.165, 1.54) is 6.07 Å². The third kappa shape index (κ3) is 4.67. The lowest BCUT2D eigenvalue weighted by Crippen LogP contribution is -2.36. The van der Waals surface area contributed by atoms with Crippen LogP contribution in [0, 0.1) is 0 Å². The molecule has 0 aromatic heterocycles. The Kier molecular flexibility index (Phi) is 5.78. The summed E-state index contributed by atoms with van der Waals surface area (Å²) in [6.07, 6.45) is 1.83. The van der Waals surface area contributed by atoms with Gasteiger partial charge in [0.2, 0.25) is 6.79 Å². The molecule has 7 nitrogen and oxygen atoms in total. The number of carbonyl (C=O) groups is 1. The summed E-state index contributed by atoms with van der Waals surface area (Å²) in [5, 5.41) is 2.89. The van der Waals surface area contributed by atoms with Gasteiger partial charge in [-0.25, -0.2) is 4.79 Å². The Balaban J connectivity index is 1.48. The molecule has 2 aliphatic rings. The minimum absolute atomic E-state index is 0.0293. The normalized spacial score (nSPS) is 14.5. The number of anilines is 1. The van der Waals surface area contributed by atoms with E-state index in [0.29, 0.717) is 30.3 Å². The molecule has 1 N–H and O–H groups in total. The number of hydrogen-bond acceptors (Lipinski definition) is 5. The van der Waals surface area contributed by atoms with Crippen molar-refractivity contribution in [1.82, 2.24) is 4.90 Å². The molecule has 1 heterocycles. The second-order valence-electron chi connectivity index (χ2n) is 6.95. The molecule has 0 radical (unpaired) electrons. The summed E-state index contributed by atoms with van der Waals surface area (Å²) >= 11 is 0. The van der Waals surface area contributed by atoms with E-state index in [2.05, 4.69) is 10.1 Å². The number of ether oxygens (including phenoxy) is 4. The van der Waals surface area contributed by atoms with Crippen LogP contribution in [0.25, 0.3) is 0 Å². The summed E-state index contributed by atoms with van der Waals surface area (Å²) < 4.78 is 45.8. The molecule has 4 rings (SSSR count). The van der Waals surface area contributed by atoms with E-state index in [1.54, 1.807) is 42.2 Å². The molecule has 1 fully saturated rings. The predicted octanol–water partition coefficient (Wildman–Crippen LogP) is 4.61. The van der Waals surface area contributed by atoms with Gasteiger partial charge in [-0.15, -0.1) is 0 Å². The molecule has 9 heteroatoms. The van der Waals surface area contributed by atoms with Gasteiger partial charge in [0.25, 0.3) is 0 Å². The van der Waals surface area contributed by atoms with Gasteiger partial charge < -0.3 is 29.2 Å². The number of carbonyl (C=O) groups excluding carboxylic acids is 1. The molecule has 2 aromatic rings. The number of amides is 2. The maximum absolute atomic E-state index is 12.9. The molecule has 160 valence electrons. The molecule has 30 heavy (non-hydrogen) atoms. The second kappa shape index (κ2) is 8.64. The lowest BCUT2D eigenvalue weighted by atomic mass is 10.2. The van der Waals surface area contributed by atoms with Crippen LogP contribution in [0.5, 0.6) is 23.0 Å². The zero-order valence-corrected chi connectivity index (χ0v) is 16.4. The van der Waals surface area contributed by atoms with E-state index in [0.717, 1.165) is 18.4 Å². The summed E-state index contributed by atoms with van der Waals surface area (Å²) in [7, 11) is 0. The highest BCUT2D eigenvalue weighted by Crippen LogP contribution is 2.36. The molecule has 1 saturated carbocycles. The van der Waals surface area contributed by atoms with Crippen LogP contribution in [0.15, 0.2) is 36.4 Å². The van der Waals surface area contributed by atoms with Gasteiger partial charge in [-0.1, -0.05) is 6.07 Å². The minimum atomic E-state index is -2.94. The van der Waals surface area contributed by atoms with Gasteiger partial charge in [0, 0.05) is 24.3 Å². The first kappa shape index (κ1) is 20.1. The summed E-state index contributed by atoms with van der Waals surface area (Å²) in [5.74, 6) is 1.42. The fourth-order valence-electron chi connectivity index (χ4n) is 3.23. The third-order valence-corrected chi connectivity index (χ3v) is 4.75. The summed E-state index contributed by atoms with van der Waals surface area (Å²) in [4.78, 5) is 14.6. The summed E-state index contributed by atoms with van der Waals surface area (Å²) in [6, 6.07) is 9.82. The van der Waals surface area contributed by atoms with Gasteiger partial charge in [-0.2, -0.15) is 8.78 Å². The van der Waals surface area contributed by atoms with E-state index in [1.807, 2.05) is 0 Å². The second-order valence-corrected chi connectivity index (χ2v) is 6.95. The number of rotatable bonds is 8. The predicted molar refractivity (Wildman–Crippen MR) is 104 cm³/mol. The average molecular weight is 420 g/mol. The molecule has 1 aliphatic carbocycles. The van der Waals surface area contributed by atoms with Crippen LogP contribution < -0.4 is 24.3 Å². The fourth-order valence-corrected chi connectivity index (χ4v) is 3.23. The Morgan fingerprint density at radius 3 is 2.70 bits per heavy atom. The van der Waals surface area contributed by atoms with Crippen LogP contribution in [0.4, 0.5) is 19.3 Å². The van der Waals surface area contributed by atoms with E-state index in [4.69, 9.17) is 14.2 Å². The van der Waals surface area contributed by atoms with E-state index in [-0.39, 0.29) is 30.4 Å². The number of hydrogen-bond donors (Lipinski definition) is 1. The maximum Gasteiger partial charge on any atom is 0.387 e. The highest BCUT2D eigenvalue weighted by Gasteiger charge is 2.33. The Labute approximate surface area is 172 Å². The molecule has 0 saturated heterocycles. The lowest BCUT2D eigenvalue weighted by molar-refractivity contribution is -0.0514. The molecule has 0 spiro atoms. The number of halogens is 2. The topological polar surface area (TPSA) is 69.3 Å². The van der Waals surface area contributed by atoms with Crippen LogP contribution in [-0.4, -0.2) is 37.0 Å². The van der Waals surface area contributed by atoms with Crippen molar-refractivity contribution in [3.05, 3.63) is 42.0 Å². The first-order chi connectivity index (χ1) is 14.5. The zero-order chi connectivity index (χ0) is 21.1. The lowest BCUT2D eigenvalue weighted by Gasteiger charge is -2.23. The largest absolute Gasteiger partial charge is 0.490 e. The highest BCUT2D eigenvalue weighted by molar-refractivity contribution is 5.90. The highest BCUT2D eigenvalue weighted by atomic mass is 19.3. The molecular formula is C21H22F2N2O5. The van der Waals surface area contributed by atoms with Gasteiger partial charge >= 0.3 is 12.6 Å². The van der Waals surface area contributed by atoms with Crippen molar-refractivity contribution < 1.29 is 32.5 Å². The Morgan fingerprint density at radius 2 is 1.97 bits per heavy atom. The van der Waals surface area contributed by atoms with Gasteiger partial charge in [0.15, 0.2) is 23.0 Å². The number of nitrogens with one attached hydrogen (secondary N) is 1. The first-order valence-electron chi connectivity index (χ1n) is 9.71. The number of fused-ring (bicyclic) bond motifs is 1. The van der Waals surface area contributed by atoms with Crippen molar-refractivity contribution >= 4 is 11.7 Å². The van der Waals surface area contributed by atoms with E-state index in [9.17, 15) is 13.6 Å². The monoisotopic (exact) mass is 420 g/mol. The van der Waals surface area contributed by atoms with Crippen molar-refractivity contribution in [3.8, 4) is 23.0 Å². The van der Waals surface area contributed by atoms with Crippen molar-refractivity contribution in [2.45, 2.75) is 39.0 Å². The number of urea groups is 1. The molecular weight excluding hydrogens is 398 g/mol. The quantitative estimate of drug-likeness (QED) is 0.675. The van der Waals surface area contributed by atoms with Gasteiger partial charge in [0.05, 0.1) is 6.61 Å². The molecule has 0 bridgehead atoms.